The Kier molecular flexibility index (Phi) is 6.88. The van der Waals surface area contributed by atoms with E-state index in [0.717, 1.165) is 11.3 Å². The van der Waals surface area contributed by atoms with Gasteiger partial charge >= 0.3 is 0 Å². The fraction of sp³-hybridized carbons (Fsp3) is 0.400. The van der Waals surface area contributed by atoms with Gasteiger partial charge in [0.05, 0.1) is 11.8 Å². The summed E-state index contributed by atoms with van der Waals surface area (Å²) in [5.41, 5.74) is 1.13. The molecule has 0 saturated carbocycles. The fourth-order valence-corrected chi connectivity index (χ4v) is 2.73. The van der Waals surface area contributed by atoms with Crippen molar-refractivity contribution in [2.45, 2.75) is 31.1 Å². The Bertz CT molecular complexity index is 633. The molecule has 2 rings (SSSR count). The van der Waals surface area contributed by atoms with Crippen LogP contribution in [0.25, 0.3) is 0 Å². The van der Waals surface area contributed by atoms with Gasteiger partial charge in [0.25, 0.3) is 0 Å². The van der Waals surface area contributed by atoms with Crippen LogP contribution in [0.5, 0.6) is 0 Å². The first kappa shape index (κ1) is 17.8. The largest absolute Gasteiger partial charge is 0.377 e. The van der Waals surface area contributed by atoms with Crippen molar-refractivity contribution in [1.29, 1.82) is 0 Å². The van der Waals surface area contributed by atoms with E-state index in [2.05, 4.69) is 15.5 Å². The maximum absolute atomic E-state index is 12.1. The lowest BCUT2D eigenvalue weighted by Gasteiger charge is -2.10. The van der Waals surface area contributed by atoms with Gasteiger partial charge in [-0.2, -0.15) is 4.98 Å². The van der Waals surface area contributed by atoms with Crippen LogP contribution in [-0.2, 0) is 28.4 Å². The van der Waals surface area contributed by atoms with E-state index in [-0.39, 0.29) is 24.3 Å². The predicted octanol–water partition coefficient (Wildman–Crippen LogP) is 2.81. The van der Waals surface area contributed by atoms with Gasteiger partial charge in [-0.15, -0.1) is 11.8 Å². The van der Waals surface area contributed by atoms with Crippen molar-refractivity contribution in [1.82, 2.24) is 15.5 Å². The lowest BCUT2D eigenvalue weighted by atomic mass is 10.2. The molecule has 1 amide bonds. The molecule has 1 atom stereocenters. The highest BCUT2D eigenvalue weighted by molar-refractivity contribution is 7.99. The molecular formula is C15H18ClN3O3S. The van der Waals surface area contributed by atoms with E-state index in [1.165, 1.54) is 0 Å². The third-order valence-corrected chi connectivity index (χ3v) is 4.45. The second kappa shape index (κ2) is 8.90. The number of benzene rings is 1. The predicted molar refractivity (Wildman–Crippen MR) is 89.1 cm³/mol. The Balaban J connectivity index is 1.74. The number of aromatic nitrogens is 2. The summed E-state index contributed by atoms with van der Waals surface area (Å²) >= 11 is 7.40. The van der Waals surface area contributed by atoms with Gasteiger partial charge in [0, 0.05) is 17.9 Å². The Morgan fingerprint density at radius 3 is 2.87 bits per heavy atom. The highest BCUT2D eigenvalue weighted by atomic mass is 35.5. The molecule has 6 nitrogen and oxygen atoms in total. The Hall–Kier alpha value is -1.57. The van der Waals surface area contributed by atoms with Crippen molar-refractivity contribution >= 4 is 29.3 Å². The molecule has 0 spiro atoms. The molecule has 1 aromatic carbocycles. The molecule has 1 N–H and O–H groups in total. The van der Waals surface area contributed by atoms with Gasteiger partial charge in [-0.1, -0.05) is 28.9 Å². The first-order valence-corrected chi connectivity index (χ1v) is 8.45. The summed E-state index contributed by atoms with van der Waals surface area (Å²) in [7, 11) is 1.55. The van der Waals surface area contributed by atoms with E-state index in [4.69, 9.17) is 20.9 Å². The molecule has 0 fully saturated rings. The summed E-state index contributed by atoms with van der Waals surface area (Å²) in [6.07, 6.45) is 0. The molecular weight excluding hydrogens is 338 g/mol. The van der Waals surface area contributed by atoms with E-state index in [9.17, 15) is 4.79 Å². The molecule has 2 aromatic rings. The number of carbonyl (C=O) groups excluding carboxylic acids is 1. The smallest absolute Gasteiger partial charge is 0.246 e. The van der Waals surface area contributed by atoms with Gasteiger partial charge in [-0.3, -0.25) is 4.79 Å². The number of thioether (sulfide) groups is 1. The maximum Gasteiger partial charge on any atom is 0.246 e. The van der Waals surface area contributed by atoms with Crippen LogP contribution >= 0.6 is 23.4 Å². The second-order valence-electron chi connectivity index (χ2n) is 4.83. The molecule has 1 heterocycles. The highest BCUT2D eigenvalue weighted by Crippen LogP contribution is 2.19. The normalized spacial score (nSPS) is 12.1. The van der Waals surface area contributed by atoms with Crippen molar-refractivity contribution in [2.75, 3.05) is 7.11 Å². The van der Waals surface area contributed by atoms with Crippen LogP contribution in [-0.4, -0.2) is 28.4 Å². The van der Waals surface area contributed by atoms with Gasteiger partial charge in [-0.05, 0) is 24.6 Å². The molecule has 124 valence electrons. The minimum Gasteiger partial charge on any atom is -0.377 e. The Labute approximate surface area is 143 Å². The van der Waals surface area contributed by atoms with Crippen LogP contribution in [0, 0.1) is 0 Å². The van der Waals surface area contributed by atoms with Crippen molar-refractivity contribution < 1.29 is 14.1 Å². The molecule has 0 aliphatic carbocycles. The number of nitrogens with one attached hydrogen (secondary N) is 1. The van der Waals surface area contributed by atoms with Crippen LogP contribution in [0.3, 0.4) is 0 Å². The van der Waals surface area contributed by atoms with Crippen LogP contribution in [0.4, 0.5) is 0 Å². The first-order valence-electron chi connectivity index (χ1n) is 7.02. The Morgan fingerprint density at radius 1 is 1.43 bits per heavy atom. The zero-order valence-corrected chi connectivity index (χ0v) is 14.5. The molecule has 0 saturated heterocycles. The molecule has 1 aromatic heterocycles. The van der Waals surface area contributed by atoms with E-state index in [0.29, 0.717) is 16.7 Å². The fourth-order valence-electron chi connectivity index (χ4n) is 1.73. The summed E-state index contributed by atoms with van der Waals surface area (Å²) in [6.45, 7) is 2.35. The minimum atomic E-state index is -0.188. The number of nitrogens with zero attached hydrogens (tertiary/aromatic N) is 2. The molecule has 0 radical (unpaired) electrons. The number of amides is 1. The van der Waals surface area contributed by atoms with Crippen LogP contribution < -0.4 is 5.32 Å². The van der Waals surface area contributed by atoms with E-state index in [1.54, 1.807) is 18.9 Å². The summed E-state index contributed by atoms with van der Waals surface area (Å²) in [4.78, 5) is 16.2. The van der Waals surface area contributed by atoms with Gasteiger partial charge in [0.1, 0.15) is 6.61 Å². The van der Waals surface area contributed by atoms with Gasteiger partial charge in [0.2, 0.25) is 11.8 Å². The van der Waals surface area contributed by atoms with Gasteiger partial charge < -0.3 is 14.6 Å². The number of hydrogen-bond donors (Lipinski definition) is 1. The zero-order valence-electron chi connectivity index (χ0n) is 12.9. The van der Waals surface area contributed by atoms with Crippen molar-refractivity contribution in [3.05, 3.63) is 46.6 Å². The second-order valence-corrected chi connectivity index (χ2v) is 6.60. The lowest BCUT2D eigenvalue weighted by Crippen LogP contribution is -2.30. The van der Waals surface area contributed by atoms with Crippen LogP contribution in [0.15, 0.2) is 28.8 Å². The SMILES string of the molecule is COCc1noc(CNC(=O)C(C)SCc2ccc(Cl)cc2)n1. The zero-order chi connectivity index (χ0) is 16.7. The average Bonchev–Trinajstić information content (AvgIpc) is 2.99. The van der Waals surface area contributed by atoms with Gasteiger partial charge in [0.15, 0.2) is 5.82 Å². The molecule has 0 aliphatic heterocycles. The maximum atomic E-state index is 12.1. The van der Waals surface area contributed by atoms with Gasteiger partial charge in [-0.25, -0.2) is 0 Å². The number of rotatable bonds is 8. The van der Waals surface area contributed by atoms with Crippen molar-refractivity contribution in [3.8, 4) is 0 Å². The molecule has 0 bridgehead atoms. The van der Waals surface area contributed by atoms with E-state index >= 15 is 0 Å². The monoisotopic (exact) mass is 355 g/mol. The third kappa shape index (κ3) is 5.85. The number of halogens is 1. The summed E-state index contributed by atoms with van der Waals surface area (Å²) < 4.78 is 9.92. The first-order chi connectivity index (χ1) is 11.1. The van der Waals surface area contributed by atoms with E-state index < -0.39 is 0 Å². The Morgan fingerprint density at radius 2 is 2.17 bits per heavy atom. The third-order valence-electron chi connectivity index (χ3n) is 2.98. The number of methoxy groups -OCH3 is 1. The minimum absolute atomic E-state index is 0.0737. The molecule has 8 heteroatoms. The van der Waals surface area contributed by atoms with Crippen molar-refractivity contribution in [2.24, 2.45) is 0 Å². The van der Waals surface area contributed by atoms with Crippen molar-refractivity contribution in [3.63, 3.8) is 0 Å². The molecule has 1 unspecified atom stereocenters. The quantitative estimate of drug-likeness (QED) is 0.784. The lowest BCUT2D eigenvalue weighted by molar-refractivity contribution is -0.120. The number of hydrogen-bond acceptors (Lipinski definition) is 6. The standard InChI is InChI=1S/C15H18ClN3O3S/c1-10(23-9-11-3-5-12(16)6-4-11)15(20)17-7-14-18-13(8-21-2)19-22-14/h3-6,10H,7-9H2,1-2H3,(H,17,20). The molecule has 23 heavy (non-hydrogen) atoms. The summed E-state index contributed by atoms with van der Waals surface area (Å²) in [5.74, 6) is 1.49. The highest BCUT2D eigenvalue weighted by Gasteiger charge is 2.15. The molecule has 0 aliphatic rings. The topological polar surface area (TPSA) is 77.3 Å². The average molecular weight is 356 g/mol. The number of ether oxygens (including phenoxy) is 1. The summed E-state index contributed by atoms with van der Waals surface area (Å²) in [5, 5.41) is 7.03. The van der Waals surface area contributed by atoms with Crippen LogP contribution in [0.1, 0.15) is 24.2 Å². The van der Waals surface area contributed by atoms with E-state index in [1.807, 2.05) is 31.2 Å². The summed E-state index contributed by atoms with van der Waals surface area (Å²) in [6, 6.07) is 7.59. The number of carbonyl (C=O) groups is 1. The van der Waals surface area contributed by atoms with Crippen LogP contribution in [0.2, 0.25) is 5.02 Å².